The SMILES string of the molecule is CN(C)S(=O)(=O)c1ccc(C(=O)NCC2CCN(c3cccnc3)CC2)cc1. The van der Waals surface area contributed by atoms with Crippen molar-refractivity contribution in [3.05, 3.63) is 54.4 Å². The lowest BCUT2D eigenvalue weighted by Crippen LogP contribution is -2.38. The minimum absolute atomic E-state index is 0.177. The summed E-state index contributed by atoms with van der Waals surface area (Å²) in [6, 6.07) is 10.0. The summed E-state index contributed by atoms with van der Waals surface area (Å²) in [5, 5.41) is 2.97. The lowest BCUT2D eigenvalue weighted by molar-refractivity contribution is 0.0945. The zero-order chi connectivity index (χ0) is 20.1. The number of sulfonamides is 1. The van der Waals surface area contributed by atoms with Crippen molar-refractivity contribution in [2.75, 3.05) is 38.6 Å². The number of benzene rings is 1. The number of piperidine rings is 1. The molecule has 2 heterocycles. The number of anilines is 1. The molecule has 1 amide bonds. The monoisotopic (exact) mass is 402 g/mol. The van der Waals surface area contributed by atoms with Gasteiger partial charge in [-0.05, 0) is 55.2 Å². The van der Waals surface area contributed by atoms with E-state index in [-0.39, 0.29) is 10.8 Å². The molecule has 8 heteroatoms. The number of hydrogen-bond donors (Lipinski definition) is 1. The van der Waals surface area contributed by atoms with Gasteiger partial charge in [0.15, 0.2) is 0 Å². The van der Waals surface area contributed by atoms with E-state index >= 15 is 0 Å². The van der Waals surface area contributed by atoms with Crippen LogP contribution in [-0.4, -0.2) is 57.3 Å². The fraction of sp³-hybridized carbons (Fsp3) is 0.400. The second kappa shape index (κ2) is 8.70. The van der Waals surface area contributed by atoms with E-state index in [0.29, 0.717) is 18.0 Å². The Hall–Kier alpha value is -2.45. The van der Waals surface area contributed by atoms with Gasteiger partial charge in [-0.2, -0.15) is 0 Å². The van der Waals surface area contributed by atoms with Crippen molar-refractivity contribution in [3.63, 3.8) is 0 Å². The summed E-state index contributed by atoms with van der Waals surface area (Å²) in [5.74, 6) is 0.258. The topological polar surface area (TPSA) is 82.6 Å². The van der Waals surface area contributed by atoms with Crippen molar-refractivity contribution < 1.29 is 13.2 Å². The van der Waals surface area contributed by atoms with E-state index in [1.807, 2.05) is 12.3 Å². The van der Waals surface area contributed by atoms with E-state index in [1.54, 1.807) is 18.3 Å². The Morgan fingerprint density at radius 3 is 2.43 bits per heavy atom. The second-order valence-electron chi connectivity index (χ2n) is 7.16. The normalized spacial score (nSPS) is 15.6. The summed E-state index contributed by atoms with van der Waals surface area (Å²) >= 11 is 0. The number of carbonyl (C=O) groups excluding carboxylic acids is 1. The molecule has 3 rings (SSSR count). The number of nitrogens with one attached hydrogen (secondary N) is 1. The maximum atomic E-state index is 12.4. The molecule has 150 valence electrons. The molecular formula is C20H26N4O3S. The van der Waals surface area contributed by atoms with Crippen molar-refractivity contribution in [3.8, 4) is 0 Å². The Labute approximate surface area is 166 Å². The predicted molar refractivity (Wildman–Crippen MR) is 109 cm³/mol. The average Bonchev–Trinajstić information content (AvgIpc) is 2.73. The lowest BCUT2D eigenvalue weighted by atomic mass is 9.96. The first kappa shape index (κ1) is 20.3. The number of amides is 1. The molecule has 1 fully saturated rings. The number of nitrogens with zero attached hydrogens (tertiary/aromatic N) is 3. The summed E-state index contributed by atoms with van der Waals surface area (Å²) in [6.07, 6.45) is 5.67. The van der Waals surface area contributed by atoms with Gasteiger partial charge in [-0.1, -0.05) is 0 Å². The van der Waals surface area contributed by atoms with Gasteiger partial charge in [-0.15, -0.1) is 0 Å². The zero-order valence-corrected chi connectivity index (χ0v) is 17.0. The molecule has 0 atom stereocenters. The summed E-state index contributed by atoms with van der Waals surface area (Å²) in [5.41, 5.74) is 1.60. The van der Waals surface area contributed by atoms with Gasteiger partial charge in [-0.25, -0.2) is 12.7 Å². The Balaban J connectivity index is 1.50. The minimum Gasteiger partial charge on any atom is -0.370 e. The number of rotatable bonds is 6. The van der Waals surface area contributed by atoms with Crippen LogP contribution in [0, 0.1) is 5.92 Å². The van der Waals surface area contributed by atoms with Crippen LogP contribution in [0.5, 0.6) is 0 Å². The fourth-order valence-electron chi connectivity index (χ4n) is 3.26. The highest BCUT2D eigenvalue weighted by Gasteiger charge is 2.21. The predicted octanol–water partition coefficient (Wildman–Crippen LogP) is 1.98. The Morgan fingerprint density at radius 2 is 1.86 bits per heavy atom. The van der Waals surface area contributed by atoms with Crippen molar-refractivity contribution >= 4 is 21.6 Å². The summed E-state index contributed by atoms with van der Waals surface area (Å²) in [4.78, 5) is 19.0. The van der Waals surface area contributed by atoms with Gasteiger partial charge in [0.1, 0.15) is 0 Å². The number of pyridine rings is 1. The molecule has 0 radical (unpaired) electrons. The summed E-state index contributed by atoms with van der Waals surface area (Å²) < 4.78 is 25.3. The van der Waals surface area contributed by atoms with Crippen LogP contribution in [-0.2, 0) is 10.0 Å². The van der Waals surface area contributed by atoms with Crippen LogP contribution in [0.2, 0.25) is 0 Å². The molecule has 1 aliphatic rings. The molecule has 7 nitrogen and oxygen atoms in total. The van der Waals surface area contributed by atoms with E-state index in [2.05, 4.69) is 21.3 Å². The Kier molecular flexibility index (Phi) is 6.31. The standard InChI is InChI=1S/C20H26N4O3S/c1-23(2)28(26,27)19-7-5-17(6-8-19)20(25)22-14-16-9-12-24(13-10-16)18-4-3-11-21-15-18/h3-8,11,15-16H,9-10,12-14H2,1-2H3,(H,22,25). The first-order valence-electron chi connectivity index (χ1n) is 9.33. The smallest absolute Gasteiger partial charge is 0.251 e. The molecule has 0 spiro atoms. The van der Waals surface area contributed by atoms with Crippen LogP contribution in [0.25, 0.3) is 0 Å². The molecular weight excluding hydrogens is 376 g/mol. The molecule has 0 aliphatic carbocycles. The highest BCUT2D eigenvalue weighted by molar-refractivity contribution is 7.89. The average molecular weight is 403 g/mol. The molecule has 1 aliphatic heterocycles. The van der Waals surface area contributed by atoms with Crippen LogP contribution in [0.1, 0.15) is 23.2 Å². The van der Waals surface area contributed by atoms with E-state index in [9.17, 15) is 13.2 Å². The van der Waals surface area contributed by atoms with Gasteiger partial charge in [0.05, 0.1) is 16.8 Å². The van der Waals surface area contributed by atoms with Crippen LogP contribution in [0.15, 0.2) is 53.7 Å². The van der Waals surface area contributed by atoms with Crippen LogP contribution < -0.4 is 10.2 Å². The molecule has 1 saturated heterocycles. The third kappa shape index (κ3) is 4.69. The highest BCUT2D eigenvalue weighted by Crippen LogP contribution is 2.22. The van der Waals surface area contributed by atoms with Gasteiger partial charge >= 0.3 is 0 Å². The number of carbonyl (C=O) groups is 1. The van der Waals surface area contributed by atoms with E-state index in [1.165, 1.54) is 26.2 Å². The third-order valence-electron chi connectivity index (χ3n) is 5.07. The number of aromatic nitrogens is 1. The molecule has 0 saturated carbocycles. The third-order valence-corrected chi connectivity index (χ3v) is 6.90. The van der Waals surface area contributed by atoms with Crippen LogP contribution in [0.3, 0.4) is 0 Å². The van der Waals surface area contributed by atoms with Gasteiger partial charge in [0.2, 0.25) is 10.0 Å². The van der Waals surface area contributed by atoms with Crippen molar-refractivity contribution in [1.29, 1.82) is 0 Å². The maximum absolute atomic E-state index is 12.4. The molecule has 0 unspecified atom stereocenters. The first-order valence-corrected chi connectivity index (χ1v) is 10.8. The molecule has 1 N–H and O–H groups in total. The fourth-order valence-corrected chi connectivity index (χ4v) is 4.17. The first-order chi connectivity index (χ1) is 13.4. The summed E-state index contributed by atoms with van der Waals surface area (Å²) in [7, 11) is -0.521. The van der Waals surface area contributed by atoms with Gasteiger partial charge < -0.3 is 10.2 Å². The molecule has 28 heavy (non-hydrogen) atoms. The van der Waals surface area contributed by atoms with Crippen LogP contribution in [0.4, 0.5) is 5.69 Å². The van der Waals surface area contributed by atoms with Gasteiger partial charge in [-0.3, -0.25) is 9.78 Å². The summed E-state index contributed by atoms with van der Waals surface area (Å²) in [6.45, 7) is 2.52. The maximum Gasteiger partial charge on any atom is 0.251 e. The molecule has 1 aromatic heterocycles. The Morgan fingerprint density at radius 1 is 1.18 bits per heavy atom. The van der Waals surface area contributed by atoms with Crippen LogP contribution >= 0.6 is 0 Å². The Bertz CT molecular complexity index is 891. The lowest BCUT2D eigenvalue weighted by Gasteiger charge is -2.33. The second-order valence-corrected chi connectivity index (χ2v) is 9.32. The van der Waals surface area contributed by atoms with E-state index in [0.717, 1.165) is 35.9 Å². The number of hydrogen-bond acceptors (Lipinski definition) is 5. The van der Waals surface area contributed by atoms with Gasteiger partial charge in [0, 0.05) is 45.5 Å². The minimum atomic E-state index is -3.48. The van der Waals surface area contributed by atoms with Gasteiger partial charge in [0.25, 0.3) is 5.91 Å². The largest absolute Gasteiger partial charge is 0.370 e. The molecule has 0 bridgehead atoms. The quantitative estimate of drug-likeness (QED) is 0.799. The molecule has 2 aromatic rings. The highest BCUT2D eigenvalue weighted by atomic mass is 32.2. The zero-order valence-electron chi connectivity index (χ0n) is 16.2. The van der Waals surface area contributed by atoms with E-state index < -0.39 is 10.0 Å². The van der Waals surface area contributed by atoms with Crippen molar-refractivity contribution in [1.82, 2.24) is 14.6 Å². The molecule has 1 aromatic carbocycles. The van der Waals surface area contributed by atoms with Crippen molar-refractivity contribution in [2.24, 2.45) is 5.92 Å². The van der Waals surface area contributed by atoms with E-state index in [4.69, 9.17) is 0 Å². The van der Waals surface area contributed by atoms with Crippen molar-refractivity contribution in [2.45, 2.75) is 17.7 Å².